The van der Waals surface area contributed by atoms with Crippen molar-refractivity contribution in [3.8, 4) is 0 Å². The lowest BCUT2D eigenvalue weighted by molar-refractivity contribution is 0.584. The quantitative estimate of drug-likeness (QED) is 0.697. The maximum atomic E-state index is 12.0. The topological polar surface area (TPSA) is 84.2 Å². The van der Waals surface area contributed by atoms with Gasteiger partial charge in [-0.15, -0.1) is 0 Å². The van der Waals surface area contributed by atoms with Crippen molar-refractivity contribution in [2.24, 2.45) is 0 Å². The Bertz CT molecular complexity index is 590. The molecule has 0 aliphatic heterocycles. The summed E-state index contributed by atoms with van der Waals surface area (Å²) in [5.41, 5.74) is 7.26. The molecule has 118 valence electrons. The van der Waals surface area contributed by atoms with Crippen LogP contribution in [0.15, 0.2) is 23.1 Å². The number of rotatable bonds is 6. The molecular weight excluding hydrogens is 306 g/mol. The van der Waals surface area contributed by atoms with Crippen molar-refractivity contribution >= 4 is 33.2 Å². The van der Waals surface area contributed by atoms with Gasteiger partial charge in [-0.05, 0) is 43.7 Å². The molecule has 21 heavy (non-hydrogen) atoms. The molecule has 1 fully saturated rings. The molecule has 1 aromatic rings. The summed E-state index contributed by atoms with van der Waals surface area (Å²) in [7, 11) is -3.45. The second kappa shape index (κ2) is 6.89. The van der Waals surface area contributed by atoms with Crippen LogP contribution in [0, 0.1) is 0 Å². The van der Waals surface area contributed by atoms with Crippen LogP contribution >= 0.6 is 11.8 Å². The molecule has 2 rings (SSSR count). The highest BCUT2D eigenvalue weighted by atomic mass is 32.2. The van der Waals surface area contributed by atoms with Gasteiger partial charge in [0.15, 0.2) is 0 Å². The maximum Gasteiger partial charge on any atom is 0.240 e. The first kappa shape index (κ1) is 16.5. The number of thioether (sulfide) groups is 1. The molecule has 0 heterocycles. The number of anilines is 2. The van der Waals surface area contributed by atoms with E-state index >= 15 is 0 Å². The third-order valence-electron chi connectivity index (χ3n) is 3.75. The Balaban J connectivity index is 2.16. The molecule has 5 nitrogen and oxygen atoms in total. The van der Waals surface area contributed by atoms with Crippen molar-refractivity contribution in [3.63, 3.8) is 0 Å². The zero-order chi connectivity index (χ0) is 15.5. The van der Waals surface area contributed by atoms with E-state index in [4.69, 9.17) is 5.73 Å². The highest BCUT2D eigenvalue weighted by Crippen LogP contribution is 2.32. The number of sulfonamides is 1. The summed E-state index contributed by atoms with van der Waals surface area (Å²) in [5, 5.41) is 4.08. The molecule has 0 amide bonds. The number of nitrogens with one attached hydrogen (secondary N) is 2. The van der Waals surface area contributed by atoms with Gasteiger partial charge in [-0.1, -0.05) is 6.92 Å². The van der Waals surface area contributed by atoms with Crippen molar-refractivity contribution < 1.29 is 8.42 Å². The second-order valence-corrected chi connectivity index (χ2v) is 8.17. The molecular formula is C14H23N3O2S2. The molecule has 1 aliphatic rings. The molecule has 0 spiro atoms. The van der Waals surface area contributed by atoms with Crippen LogP contribution in [0.1, 0.15) is 26.2 Å². The van der Waals surface area contributed by atoms with Crippen molar-refractivity contribution in [3.05, 3.63) is 18.2 Å². The Labute approximate surface area is 131 Å². The Morgan fingerprint density at radius 2 is 2.14 bits per heavy atom. The zero-order valence-electron chi connectivity index (χ0n) is 12.4. The lowest BCUT2D eigenvalue weighted by atomic mass is 10.2. The lowest BCUT2D eigenvalue weighted by Gasteiger charge is -2.17. The standard InChI is InChI=1S/C14H23N3O2S2/c1-3-16-21(18,19)12-6-7-13(15)14(9-12)17-10-4-5-11(8-10)20-2/h6-7,9-11,16-17H,3-5,8,15H2,1-2H3. The zero-order valence-corrected chi connectivity index (χ0v) is 14.1. The van der Waals surface area contributed by atoms with Crippen LogP contribution in [0.4, 0.5) is 11.4 Å². The summed E-state index contributed by atoms with van der Waals surface area (Å²) < 4.78 is 26.6. The van der Waals surface area contributed by atoms with Gasteiger partial charge in [0.1, 0.15) is 0 Å². The average molecular weight is 329 g/mol. The fourth-order valence-electron chi connectivity index (χ4n) is 2.61. The van der Waals surface area contributed by atoms with Crippen LogP contribution in [0.5, 0.6) is 0 Å². The summed E-state index contributed by atoms with van der Waals surface area (Å²) in [5.74, 6) is 0. The Morgan fingerprint density at radius 1 is 1.38 bits per heavy atom. The van der Waals surface area contributed by atoms with Gasteiger partial charge in [-0.2, -0.15) is 11.8 Å². The van der Waals surface area contributed by atoms with Crippen LogP contribution in [0.2, 0.25) is 0 Å². The minimum atomic E-state index is -3.45. The van der Waals surface area contributed by atoms with E-state index in [1.807, 2.05) is 11.8 Å². The van der Waals surface area contributed by atoms with Crippen LogP contribution in [0.3, 0.4) is 0 Å². The van der Waals surface area contributed by atoms with Crippen molar-refractivity contribution in [2.45, 2.75) is 42.4 Å². The fourth-order valence-corrected chi connectivity index (χ4v) is 4.47. The first-order valence-electron chi connectivity index (χ1n) is 7.14. The van der Waals surface area contributed by atoms with Crippen LogP contribution < -0.4 is 15.8 Å². The summed E-state index contributed by atoms with van der Waals surface area (Å²) in [4.78, 5) is 0.250. The van der Waals surface area contributed by atoms with Crippen LogP contribution in [0.25, 0.3) is 0 Å². The Morgan fingerprint density at radius 3 is 2.76 bits per heavy atom. The van der Waals surface area contributed by atoms with Gasteiger partial charge in [0.05, 0.1) is 16.3 Å². The minimum Gasteiger partial charge on any atom is -0.397 e. The van der Waals surface area contributed by atoms with Crippen molar-refractivity contribution in [2.75, 3.05) is 23.9 Å². The summed E-state index contributed by atoms with van der Waals surface area (Å²) in [6.07, 6.45) is 5.50. The van der Waals surface area contributed by atoms with Gasteiger partial charge in [0, 0.05) is 17.8 Å². The lowest BCUT2D eigenvalue weighted by Crippen LogP contribution is -2.23. The van der Waals surface area contributed by atoms with Gasteiger partial charge in [0.25, 0.3) is 0 Å². The van der Waals surface area contributed by atoms with Gasteiger partial charge < -0.3 is 11.1 Å². The number of nitrogen functional groups attached to an aromatic ring is 1. The molecule has 1 saturated carbocycles. The maximum absolute atomic E-state index is 12.0. The normalized spacial score (nSPS) is 22.4. The average Bonchev–Trinajstić information content (AvgIpc) is 2.88. The third-order valence-corrected chi connectivity index (χ3v) is 6.38. The molecule has 1 aromatic carbocycles. The van der Waals surface area contributed by atoms with E-state index in [9.17, 15) is 8.42 Å². The van der Waals surface area contributed by atoms with Gasteiger partial charge in [-0.25, -0.2) is 13.1 Å². The predicted octanol–water partition coefficient (Wildman–Crippen LogP) is 2.26. The Hall–Kier alpha value is -0.920. The van der Waals surface area contributed by atoms with E-state index in [0.717, 1.165) is 12.8 Å². The largest absolute Gasteiger partial charge is 0.397 e. The Kier molecular flexibility index (Phi) is 5.40. The summed E-state index contributed by atoms with van der Waals surface area (Å²) in [6.45, 7) is 2.13. The van der Waals surface area contributed by atoms with Gasteiger partial charge in [-0.3, -0.25) is 0 Å². The first-order valence-corrected chi connectivity index (χ1v) is 9.92. The molecule has 4 N–H and O–H groups in total. The summed E-state index contributed by atoms with van der Waals surface area (Å²) >= 11 is 1.89. The van der Waals surface area contributed by atoms with Gasteiger partial charge in [0.2, 0.25) is 10.0 Å². The number of hydrogen-bond donors (Lipinski definition) is 3. The van der Waals surface area contributed by atoms with E-state index < -0.39 is 10.0 Å². The predicted molar refractivity (Wildman–Crippen MR) is 90.3 cm³/mol. The molecule has 2 unspecified atom stereocenters. The fraction of sp³-hybridized carbons (Fsp3) is 0.571. The second-order valence-electron chi connectivity index (χ2n) is 5.26. The highest BCUT2D eigenvalue weighted by Gasteiger charge is 2.24. The number of nitrogens with two attached hydrogens (primary N) is 1. The molecule has 0 saturated heterocycles. The monoisotopic (exact) mass is 329 g/mol. The molecule has 1 aliphatic carbocycles. The van der Waals surface area contributed by atoms with Gasteiger partial charge >= 0.3 is 0 Å². The molecule has 7 heteroatoms. The SMILES string of the molecule is CCNS(=O)(=O)c1ccc(N)c(NC2CCC(SC)C2)c1. The highest BCUT2D eigenvalue weighted by molar-refractivity contribution is 7.99. The molecule has 0 radical (unpaired) electrons. The van der Waals surface area contributed by atoms with Crippen molar-refractivity contribution in [1.29, 1.82) is 0 Å². The number of hydrogen-bond acceptors (Lipinski definition) is 5. The van der Waals surface area contributed by atoms with E-state index in [2.05, 4.69) is 16.3 Å². The smallest absolute Gasteiger partial charge is 0.240 e. The first-order chi connectivity index (χ1) is 9.96. The molecule has 0 aromatic heterocycles. The van der Waals surface area contributed by atoms with Crippen molar-refractivity contribution in [1.82, 2.24) is 4.72 Å². The van der Waals surface area contributed by atoms with Crippen LogP contribution in [-0.4, -0.2) is 32.5 Å². The summed E-state index contributed by atoms with van der Waals surface area (Å²) in [6, 6.07) is 5.17. The van der Waals surface area contributed by atoms with Crippen LogP contribution in [-0.2, 0) is 10.0 Å². The van der Waals surface area contributed by atoms with E-state index in [0.29, 0.717) is 29.2 Å². The molecule has 0 bridgehead atoms. The van der Waals surface area contributed by atoms with E-state index in [-0.39, 0.29) is 4.90 Å². The van der Waals surface area contributed by atoms with E-state index in [1.165, 1.54) is 12.5 Å². The third kappa shape index (κ3) is 4.05. The minimum absolute atomic E-state index is 0.250. The number of benzene rings is 1. The molecule has 2 atom stereocenters. The van der Waals surface area contributed by atoms with E-state index in [1.54, 1.807) is 19.1 Å².